The predicted octanol–water partition coefficient (Wildman–Crippen LogP) is 3.85. The Labute approximate surface area is 113 Å². The van der Waals surface area contributed by atoms with E-state index in [-0.39, 0.29) is 6.04 Å². The van der Waals surface area contributed by atoms with Gasteiger partial charge < -0.3 is 5.32 Å². The molecule has 1 heterocycles. The van der Waals surface area contributed by atoms with E-state index in [0.29, 0.717) is 0 Å². The molecular formula is C15H20N2S. The third-order valence-corrected chi connectivity index (χ3v) is 3.75. The van der Waals surface area contributed by atoms with E-state index in [4.69, 9.17) is 0 Å². The number of hydrogen-bond acceptors (Lipinski definition) is 3. The fourth-order valence-electron chi connectivity index (χ4n) is 2.22. The minimum absolute atomic E-state index is 0.274. The van der Waals surface area contributed by atoms with E-state index >= 15 is 0 Å². The van der Waals surface area contributed by atoms with Crippen molar-refractivity contribution in [3.8, 4) is 0 Å². The monoisotopic (exact) mass is 260 g/mol. The molecule has 0 radical (unpaired) electrons. The van der Waals surface area contributed by atoms with Crippen LogP contribution in [0.2, 0.25) is 0 Å². The Kier molecular flexibility index (Phi) is 4.50. The van der Waals surface area contributed by atoms with Crippen molar-refractivity contribution in [1.82, 2.24) is 10.3 Å². The molecular weight excluding hydrogens is 240 g/mol. The van der Waals surface area contributed by atoms with Gasteiger partial charge in [-0.3, -0.25) is 4.98 Å². The number of aromatic nitrogens is 1. The highest BCUT2D eigenvalue weighted by Crippen LogP contribution is 2.26. The molecule has 0 spiro atoms. The molecule has 0 aliphatic rings. The fourth-order valence-corrected chi connectivity index (χ4v) is 2.94. The van der Waals surface area contributed by atoms with Crippen LogP contribution in [0.15, 0.2) is 29.9 Å². The van der Waals surface area contributed by atoms with Crippen LogP contribution >= 0.6 is 11.3 Å². The zero-order valence-electron chi connectivity index (χ0n) is 11.2. The summed E-state index contributed by atoms with van der Waals surface area (Å²) < 4.78 is 0. The largest absolute Gasteiger partial charge is 0.306 e. The number of aryl methyl sites for hydroxylation is 2. The van der Waals surface area contributed by atoms with Crippen molar-refractivity contribution in [1.29, 1.82) is 0 Å². The Morgan fingerprint density at radius 1 is 1.22 bits per heavy atom. The van der Waals surface area contributed by atoms with Crippen molar-refractivity contribution in [2.75, 3.05) is 6.54 Å². The molecule has 1 N–H and O–H groups in total. The van der Waals surface area contributed by atoms with E-state index in [0.717, 1.165) is 13.0 Å². The highest BCUT2D eigenvalue weighted by Gasteiger charge is 2.15. The molecule has 96 valence electrons. The number of rotatable bonds is 5. The maximum atomic E-state index is 4.20. The number of nitrogens with one attached hydrogen (secondary N) is 1. The molecule has 0 saturated heterocycles. The topological polar surface area (TPSA) is 24.9 Å². The van der Waals surface area contributed by atoms with Gasteiger partial charge in [-0.05, 0) is 32.4 Å². The quantitative estimate of drug-likeness (QED) is 0.883. The molecule has 2 aromatic rings. The van der Waals surface area contributed by atoms with Crippen molar-refractivity contribution in [2.45, 2.75) is 33.2 Å². The lowest BCUT2D eigenvalue weighted by molar-refractivity contribution is 0.604. The highest BCUT2D eigenvalue weighted by atomic mass is 32.1. The van der Waals surface area contributed by atoms with Crippen molar-refractivity contribution < 1.29 is 0 Å². The fraction of sp³-hybridized carbons (Fsp3) is 0.400. The van der Waals surface area contributed by atoms with Crippen LogP contribution in [0.4, 0.5) is 0 Å². The Hall–Kier alpha value is -1.19. The molecule has 2 nitrogen and oxygen atoms in total. The number of hydrogen-bond donors (Lipinski definition) is 1. The molecule has 0 fully saturated rings. The Morgan fingerprint density at radius 3 is 2.50 bits per heavy atom. The van der Waals surface area contributed by atoms with Crippen molar-refractivity contribution in [2.24, 2.45) is 0 Å². The van der Waals surface area contributed by atoms with Crippen LogP contribution in [0.25, 0.3) is 0 Å². The van der Waals surface area contributed by atoms with Crippen LogP contribution in [0.5, 0.6) is 0 Å². The minimum Gasteiger partial charge on any atom is -0.306 e. The lowest BCUT2D eigenvalue weighted by Gasteiger charge is -2.18. The number of benzene rings is 1. The van der Waals surface area contributed by atoms with E-state index in [2.05, 4.69) is 49.3 Å². The first kappa shape index (κ1) is 13.2. The summed E-state index contributed by atoms with van der Waals surface area (Å²) >= 11 is 1.71. The molecule has 0 aliphatic heterocycles. The first-order valence-electron chi connectivity index (χ1n) is 6.40. The number of thiazole rings is 1. The summed E-state index contributed by atoms with van der Waals surface area (Å²) in [7, 11) is 0. The molecule has 1 aromatic carbocycles. The van der Waals surface area contributed by atoms with Gasteiger partial charge in [-0.25, -0.2) is 0 Å². The van der Waals surface area contributed by atoms with Crippen LogP contribution in [0.1, 0.15) is 41.0 Å². The second-order valence-corrected chi connectivity index (χ2v) is 5.63. The molecule has 1 atom stereocenters. The Morgan fingerprint density at radius 2 is 1.94 bits per heavy atom. The standard InChI is InChI=1S/C15H20N2S/c1-4-5-17-15(14-9-16-10-18-14)13-7-11(2)6-12(3)8-13/h6-10,15,17H,4-5H2,1-3H3. The molecule has 0 amide bonds. The smallest absolute Gasteiger partial charge is 0.0794 e. The van der Waals surface area contributed by atoms with Gasteiger partial charge in [0.05, 0.1) is 11.6 Å². The summed E-state index contributed by atoms with van der Waals surface area (Å²) in [5.41, 5.74) is 5.87. The first-order chi connectivity index (χ1) is 8.70. The normalized spacial score (nSPS) is 12.6. The van der Waals surface area contributed by atoms with Crippen LogP contribution < -0.4 is 5.32 Å². The van der Waals surface area contributed by atoms with E-state index in [9.17, 15) is 0 Å². The molecule has 0 aliphatic carbocycles. The van der Waals surface area contributed by atoms with Gasteiger partial charge in [0.1, 0.15) is 0 Å². The Balaban J connectivity index is 2.33. The lowest BCUT2D eigenvalue weighted by atomic mass is 10.0. The van der Waals surface area contributed by atoms with Crippen LogP contribution in [0, 0.1) is 13.8 Å². The van der Waals surface area contributed by atoms with Gasteiger partial charge in [0.25, 0.3) is 0 Å². The SMILES string of the molecule is CCCNC(c1cc(C)cc(C)c1)c1cncs1. The summed E-state index contributed by atoms with van der Waals surface area (Å²) in [6, 6.07) is 7.02. The van der Waals surface area contributed by atoms with E-state index < -0.39 is 0 Å². The molecule has 0 bridgehead atoms. The van der Waals surface area contributed by atoms with Gasteiger partial charge in [-0.1, -0.05) is 36.2 Å². The van der Waals surface area contributed by atoms with Gasteiger partial charge in [0, 0.05) is 11.1 Å². The maximum Gasteiger partial charge on any atom is 0.0794 e. The third kappa shape index (κ3) is 3.18. The predicted molar refractivity (Wildman–Crippen MR) is 78.2 cm³/mol. The van der Waals surface area contributed by atoms with Crippen molar-refractivity contribution >= 4 is 11.3 Å². The molecule has 3 heteroatoms. The summed E-state index contributed by atoms with van der Waals surface area (Å²) in [4.78, 5) is 5.49. The third-order valence-electron chi connectivity index (χ3n) is 2.91. The maximum absolute atomic E-state index is 4.20. The van der Waals surface area contributed by atoms with Crippen molar-refractivity contribution in [3.05, 3.63) is 51.5 Å². The average Bonchev–Trinajstić information content (AvgIpc) is 2.82. The molecule has 0 saturated carbocycles. The summed E-state index contributed by atoms with van der Waals surface area (Å²) in [5, 5.41) is 3.61. The van der Waals surface area contributed by atoms with Crippen LogP contribution in [-0.4, -0.2) is 11.5 Å². The zero-order chi connectivity index (χ0) is 13.0. The minimum atomic E-state index is 0.274. The van der Waals surface area contributed by atoms with Gasteiger partial charge in [0.2, 0.25) is 0 Å². The molecule has 1 aromatic heterocycles. The van der Waals surface area contributed by atoms with Gasteiger partial charge in [-0.15, -0.1) is 11.3 Å². The van der Waals surface area contributed by atoms with Crippen LogP contribution in [-0.2, 0) is 0 Å². The lowest BCUT2D eigenvalue weighted by Crippen LogP contribution is -2.22. The zero-order valence-corrected chi connectivity index (χ0v) is 12.1. The highest BCUT2D eigenvalue weighted by molar-refractivity contribution is 7.09. The number of nitrogens with zero attached hydrogens (tertiary/aromatic N) is 1. The van der Waals surface area contributed by atoms with E-state index in [1.54, 1.807) is 11.3 Å². The van der Waals surface area contributed by atoms with Crippen LogP contribution in [0.3, 0.4) is 0 Å². The van der Waals surface area contributed by atoms with Gasteiger partial charge >= 0.3 is 0 Å². The molecule has 1 unspecified atom stereocenters. The average molecular weight is 260 g/mol. The van der Waals surface area contributed by atoms with Gasteiger partial charge in [-0.2, -0.15) is 0 Å². The second kappa shape index (κ2) is 6.12. The summed E-state index contributed by atoms with van der Waals surface area (Å²) in [6.45, 7) is 7.52. The van der Waals surface area contributed by atoms with Gasteiger partial charge in [0.15, 0.2) is 0 Å². The molecule has 18 heavy (non-hydrogen) atoms. The first-order valence-corrected chi connectivity index (χ1v) is 7.28. The van der Waals surface area contributed by atoms with E-state index in [1.807, 2.05) is 11.7 Å². The summed E-state index contributed by atoms with van der Waals surface area (Å²) in [5.74, 6) is 0. The molecule has 2 rings (SSSR count). The second-order valence-electron chi connectivity index (χ2n) is 4.71. The Bertz CT molecular complexity index is 471. The van der Waals surface area contributed by atoms with E-state index in [1.165, 1.54) is 21.6 Å². The summed E-state index contributed by atoms with van der Waals surface area (Å²) in [6.07, 6.45) is 3.11. The van der Waals surface area contributed by atoms with Crippen molar-refractivity contribution in [3.63, 3.8) is 0 Å².